The molecule has 4 nitrogen and oxygen atoms in total. The predicted octanol–water partition coefficient (Wildman–Crippen LogP) is 3.58. The number of hydrazine groups is 1. The number of halogens is 3. The van der Waals surface area contributed by atoms with Gasteiger partial charge in [-0.3, -0.25) is 20.4 Å². The molecule has 0 spiro atoms. The molecule has 0 aliphatic carbocycles. The molecule has 0 atom stereocenters. The molecule has 2 amide bonds. The van der Waals surface area contributed by atoms with Crippen molar-refractivity contribution in [1.82, 2.24) is 10.9 Å². The minimum atomic E-state index is -4.41. The van der Waals surface area contributed by atoms with Crippen molar-refractivity contribution in [2.24, 2.45) is 0 Å². The van der Waals surface area contributed by atoms with Crippen LogP contribution in [-0.4, -0.2) is 11.8 Å². The Morgan fingerprint density at radius 1 is 0.731 bits per heavy atom. The Hall–Kier alpha value is -3.35. The number of amides is 2. The summed E-state index contributed by atoms with van der Waals surface area (Å²) in [5, 5.41) is 0. The van der Waals surface area contributed by atoms with Gasteiger partial charge in [0, 0.05) is 12.2 Å². The molecule has 0 aromatic heterocycles. The Balaban J connectivity index is 1.82. The summed E-state index contributed by atoms with van der Waals surface area (Å²) in [6.45, 7) is 0. The second kappa shape index (κ2) is 8.66. The summed E-state index contributed by atoms with van der Waals surface area (Å²) in [6, 6.07) is 13.5. The maximum absolute atomic E-state index is 12.5. The first kappa shape index (κ1) is 19.0. The van der Waals surface area contributed by atoms with Crippen LogP contribution in [0.15, 0.2) is 66.7 Å². The van der Waals surface area contributed by atoms with E-state index in [0.717, 1.165) is 23.8 Å². The molecule has 0 aliphatic heterocycles. The average molecular weight is 360 g/mol. The van der Waals surface area contributed by atoms with Crippen molar-refractivity contribution in [2.75, 3.05) is 0 Å². The zero-order valence-electron chi connectivity index (χ0n) is 13.5. The number of rotatable bonds is 4. The molecule has 2 N–H and O–H groups in total. The van der Waals surface area contributed by atoms with E-state index in [9.17, 15) is 22.8 Å². The third-order valence-electron chi connectivity index (χ3n) is 3.20. The number of carbonyl (C=O) groups is 2. The Bertz CT molecular complexity index is 811. The number of hydrogen-bond acceptors (Lipinski definition) is 2. The lowest BCUT2D eigenvalue weighted by molar-refractivity contribution is -0.137. The molecule has 0 saturated heterocycles. The first-order chi connectivity index (χ1) is 12.3. The number of alkyl halides is 3. The fourth-order valence-electron chi connectivity index (χ4n) is 1.90. The summed E-state index contributed by atoms with van der Waals surface area (Å²) in [5.41, 5.74) is 4.84. The highest BCUT2D eigenvalue weighted by Gasteiger charge is 2.29. The van der Waals surface area contributed by atoms with Gasteiger partial charge in [-0.15, -0.1) is 0 Å². The molecular weight excluding hydrogens is 345 g/mol. The molecule has 0 saturated carbocycles. The van der Waals surface area contributed by atoms with E-state index in [1.54, 1.807) is 6.08 Å². The molecule has 0 radical (unpaired) electrons. The molecule has 7 heteroatoms. The number of benzene rings is 2. The van der Waals surface area contributed by atoms with E-state index in [0.29, 0.717) is 5.56 Å². The molecule has 0 bridgehead atoms. The van der Waals surface area contributed by atoms with Gasteiger partial charge in [0.2, 0.25) is 0 Å². The van der Waals surface area contributed by atoms with Gasteiger partial charge >= 0.3 is 6.18 Å². The van der Waals surface area contributed by atoms with E-state index in [4.69, 9.17) is 0 Å². The van der Waals surface area contributed by atoms with Crippen LogP contribution in [0.25, 0.3) is 12.2 Å². The van der Waals surface area contributed by atoms with Crippen LogP contribution < -0.4 is 10.9 Å². The minimum absolute atomic E-state index is 0.420. The van der Waals surface area contributed by atoms with Gasteiger partial charge in [0.1, 0.15) is 0 Å². The van der Waals surface area contributed by atoms with Gasteiger partial charge in [-0.1, -0.05) is 42.5 Å². The third-order valence-corrected chi connectivity index (χ3v) is 3.20. The lowest BCUT2D eigenvalue weighted by Crippen LogP contribution is -2.39. The van der Waals surface area contributed by atoms with Crippen LogP contribution in [-0.2, 0) is 15.8 Å². The normalized spacial score (nSPS) is 11.7. The van der Waals surface area contributed by atoms with Crippen LogP contribution in [0.4, 0.5) is 13.2 Å². The Morgan fingerprint density at radius 3 is 1.65 bits per heavy atom. The van der Waals surface area contributed by atoms with Gasteiger partial charge in [-0.25, -0.2) is 0 Å². The van der Waals surface area contributed by atoms with Crippen molar-refractivity contribution in [3.05, 3.63) is 83.4 Å². The zero-order valence-corrected chi connectivity index (χ0v) is 13.5. The highest BCUT2D eigenvalue weighted by atomic mass is 19.4. The van der Waals surface area contributed by atoms with E-state index in [1.165, 1.54) is 24.3 Å². The van der Waals surface area contributed by atoms with Crippen molar-refractivity contribution < 1.29 is 22.8 Å². The van der Waals surface area contributed by atoms with E-state index in [1.807, 2.05) is 30.3 Å². The first-order valence-corrected chi connectivity index (χ1v) is 7.53. The average Bonchev–Trinajstić information content (AvgIpc) is 2.63. The lowest BCUT2D eigenvalue weighted by Gasteiger charge is -2.06. The first-order valence-electron chi connectivity index (χ1n) is 7.53. The quantitative estimate of drug-likeness (QED) is 0.647. The summed E-state index contributed by atoms with van der Waals surface area (Å²) < 4.78 is 37.4. The molecule has 0 fully saturated rings. The van der Waals surface area contributed by atoms with Crippen LogP contribution in [0.2, 0.25) is 0 Å². The maximum atomic E-state index is 12.5. The molecule has 2 aromatic carbocycles. The zero-order chi connectivity index (χ0) is 19.0. The smallest absolute Gasteiger partial charge is 0.268 e. The summed E-state index contributed by atoms with van der Waals surface area (Å²) >= 11 is 0. The van der Waals surface area contributed by atoms with E-state index in [-0.39, 0.29) is 0 Å². The molecule has 0 heterocycles. The van der Waals surface area contributed by atoms with Crippen LogP contribution in [0.1, 0.15) is 16.7 Å². The van der Waals surface area contributed by atoms with Crippen molar-refractivity contribution in [1.29, 1.82) is 0 Å². The Kier molecular flexibility index (Phi) is 6.32. The number of hydrogen-bond donors (Lipinski definition) is 2. The van der Waals surface area contributed by atoms with E-state index >= 15 is 0 Å². The van der Waals surface area contributed by atoms with Gasteiger partial charge in [0.15, 0.2) is 0 Å². The predicted molar refractivity (Wildman–Crippen MR) is 92.2 cm³/mol. The van der Waals surface area contributed by atoms with E-state index < -0.39 is 23.6 Å². The number of nitrogens with one attached hydrogen (secondary N) is 2. The lowest BCUT2D eigenvalue weighted by atomic mass is 10.1. The van der Waals surface area contributed by atoms with Gasteiger partial charge in [-0.05, 0) is 35.4 Å². The Morgan fingerprint density at radius 2 is 1.19 bits per heavy atom. The second-order valence-corrected chi connectivity index (χ2v) is 5.18. The fraction of sp³-hybridized carbons (Fsp3) is 0.0526. The molecular formula is C19H15F3N2O2. The highest BCUT2D eigenvalue weighted by Crippen LogP contribution is 2.29. The second-order valence-electron chi connectivity index (χ2n) is 5.18. The van der Waals surface area contributed by atoms with Crippen LogP contribution in [0, 0.1) is 0 Å². The van der Waals surface area contributed by atoms with Gasteiger partial charge in [0.05, 0.1) is 5.56 Å². The topological polar surface area (TPSA) is 58.2 Å². The molecule has 2 rings (SSSR count). The molecule has 26 heavy (non-hydrogen) atoms. The maximum Gasteiger partial charge on any atom is 0.416 e. The monoisotopic (exact) mass is 360 g/mol. The largest absolute Gasteiger partial charge is 0.416 e. The molecule has 134 valence electrons. The van der Waals surface area contributed by atoms with E-state index in [2.05, 4.69) is 10.9 Å². The van der Waals surface area contributed by atoms with Gasteiger partial charge in [-0.2, -0.15) is 13.2 Å². The Labute approximate surface area is 148 Å². The SMILES string of the molecule is O=C(C=Cc1ccccc1)NNC(=O)/C=C/c1ccc(C(F)(F)F)cc1. The summed E-state index contributed by atoms with van der Waals surface area (Å²) in [5.74, 6) is -1.14. The van der Waals surface area contributed by atoms with Crippen molar-refractivity contribution in [3.8, 4) is 0 Å². The summed E-state index contributed by atoms with van der Waals surface area (Å²) in [7, 11) is 0. The third kappa shape index (κ3) is 6.27. The summed E-state index contributed by atoms with van der Waals surface area (Å²) in [6.07, 6.45) is 0.872. The van der Waals surface area contributed by atoms with Crippen molar-refractivity contribution in [2.45, 2.75) is 6.18 Å². The fourth-order valence-corrected chi connectivity index (χ4v) is 1.90. The van der Waals surface area contributed by atoms with Crippen molar-refractivity contribution >= 4 is 24.0 Å². The summed E-state index contributed by atoms with van der Waals surface area (Å²) in [4.78, 5) is 23.2. The standard InChI is InChI=1S/C19H15F3N2O2/c20-19(21,22)16-10-6-15(7-11-16)9-13-18(26)24-23-17(25)12-8-14-4-2-1-3-5-14/h1-13H,(H,23,25)(H,24,26)/b12-8?,13-9+. The van der Waals surface area contributed by atoms with Crippen LogP contribution in [0.3, 0.4) is 0 Å². The highest BCUT2D eigenvalue weighted by molar-refractivity contribution is 5.96. The molecule has 2 aromatic rings. The van der Waals surface area contributed by atoms with Crippen molar-refractivity contribution in [3.63, 3.8) is 0 Å². The van der Waals surface area contributed by atoms with Gasteiger partial charge in [0.25, 0.3) is 11.8 Å². The molecule has 0 unspecified atom stereocenters. The van der Waals surface area contributed by atoms with Gasteiger partial charge < -0.3 is 0 Å². The number of carbonyl (C=O) groups excluding carboxylic acids is 2. The van der Waals surface area contributed by atoms with Crippen LogP contribution in [0.5, 0.6) is 0 Å². The van der Waals surface area contributed by atoms with Crippen LogP contribution >= 0.6 is 0 Å². The minimum Gasteiger partial charge on any atom is -0.268 e. The molecule has 0 aliphatic rings.